The highest BCUT2D eigenvalue weighted by molar-refractivity contribution is 7.98. The summed E-state index contributed by atoms with van der Waals surface area (Å²) in [6.45, 7) is 6.84. The van der Waals surface area contributed by atoms with Crippen molar-refractivity contribution in [2.45, 2.75) is 31.2 Å². The Labute approximate surface area is 111 Å². The van der Waals surface area contributed by atoms with E-state index in [1.165, 1.54) is 0 Å². The van der Waals surface area contributed by atoms with Crippen LogP contribution < -0.4 is 0 Å². The normalized spacial score (nSPS) is 17.8. The Morgan fingerprint density at radius 3 is 2.65 bits per heavy atom. The molecular formula is C13H16ClNOS. The first kappa shape index (κ1) is 12.8. The number of hydrogen-bond donors (Lipinski definition) is 0. The number of benzene rings is 1. The zero-order valence-electron chi connectivity index (χ0n) is 10.5. The first-order valence-corrected chi connectivity index (χ1v) is 7.11. The lowest BCUT2D eigenvalue weighted by atomic mass is 10.1. The molecule has 4 heteroatoms. The minimum absolute atomic E-state index is 0.124. The Kier molecular flexibility index (Phi) is 3.41. The summed E-state index contributed by atoms with van der Waals surface area (Å²) in [5.74, 6) is 0.736. The van der Waals surface area contributed by atoms with Gasteiger partial charge in [0.1, 0.15) is 6.61 Å². The van der Waals surface area contributed by atoms with Crippen LogP contribution in [0.15, 0.2) is 22.0 Å². The summed E-state index contributed by atoms with van der Waals surface area (Å²) in [5, 5.41) is 0.789. The third kappa shape index (κ3) is 2.45. The van der Waals surface area contributed by atoms with Crippen LogP contribution >= 0.6 is 23.4 Å². The van der Waals surface area contributed by atoms with Crippen molar-refractivity contribution in [2.24, 2.45) is 4.99 Å². The number of hydrogen-bond acceptors (Lipinski definition) is 3. The standard InChI is InChI=1S/C13H16ClNOS/c1-8-9(5-6-10(14)11(8)17-4)12-15-13(2,3)7-16-12/h5-6H,7H2,1-4H3. The quantitative estimate of drug-likeness (QED) is 0.759. The number of thioether (sulfide) groups is 1. The molecule has 0 spiro atoms. The molecule has 17 heavy (non-hydrogen) atoms. The van der Waals surface area contributed by atoms with Gasteiger partial charge in [-0.2, -0.15) is 0 Å². The van der Waals surface area contributed by atoms with Crippen molar-refractivity contribution < 1.29 is 4.74 Å². The second kappa shape index (κ2) is 4.54. The van der Waals surface area contributed by atoms with E-state index in [4.69, 9.17) is 16.3 Å². The van der Waals surface area contributed by atoms with Crippen LogP contribution in [0.3, 0.4) is 0 Å². The second-order valence-corrected chi connectivity index (χ2v) is 5.99. The molecule has 1 heterocycles. The monoisotopic (exact) mass is 269 g/mol. The van der Waals surface area contributed by atoms with Crippen LogP contribution in [0.5, 0.6) is 0 Å². The van der Waals surface area contributed by atoms with Gasteiger partial charge in [0.2, 0.25) is 5.90 Å². The van der Waals surface area contributed by atoms with E-state index in [1.807, 2.05) is 18.4 Å². The van der Waals surface area contributed by atoms with Crippen LogP contribution in [0.25, 0.3) is 0 Å². The van der Waals surface area contributed by atoms with Crippen molar-refractivity contribution in [3.63, 3.8) is 0 Å². The molecule has 0 N–H and O–H groups in total. The van der Waals surface area contributed by atoms with Gasteiger partial charge in [0.05, 0.1) is 10.6 Å². The maximum absolute atomic E-state index is 6.16. The SMILES string of the molecule is CSc1c(Cl)ccc(C2=NC(C)(C)CO2)c1C. The smallest absolute Gasteiger partial charge is 0.217 e. The van der Waals surface area contributed by atoms with E-state index in [9.17, 15) is 0 Å². The molecular weight excluding hydrogens is 254 g/mol. The predicted octanol–water partition coefficient (Wildman–Crippen LogP) is 3.93. The molecule has 0 bridgehead atoms. The Balaban J connectivity index is 2.48. The van der Waals surface area contributed by atoms with Gasteiger partial charge < -0.3 is 4.74 Å². The summed E-state index contributed by atoms with van der Waals surface area (Å²) in [7, 11) is 0. The molecule has 2 rings (SSSR count). The van der Waals surface area contributed by atoms with Crippen molar-refractivity contribution in [1.82, 2.24) is 0 Å². The van der Waals surface area contributed by atoms with E-state index in [2.05, 4.69) is 25.8 Å². The van der Waals surface area contributed by atoms with Gasteiger partial charge >= 0.3 is 0 Å². The molecule has 0 aromatic heterocycles. The summed E-state index contributed by atoms with van der Waals surface area (Å²) >= 11 is 7.82. The zero-order chi connectivity index (χ0) is 12.6. The molecule has 92 valence electrons. The van der Waals surface area contributed by atoms with Crippen LogP contribution in [0.2, 0.25) is 5.02 Å². The van der Waals surface area contributed by atoms with Crippen molar-refractivity contribution in [2.75, 3.05) is 12.9 Å². The van der Waals surface area contributed by atoms with Gasteiger partial charge in [-0.15, -0.1) is 11.8 Å². The van der Waals surface area contributed by atoms with E-state index in [0.29, 0.717) is 6.61 Å². The third-order valence-electron chi connectivity index (χ3n) is 2.76. The highest BCUT2D eigenvalue weighted by Gasteiger charge is 2.28. The molecule has 1 aliphatic heterocycles. The molecule has 1 aromatic rings. The van der Waals surface area contributed by atoms with E-state index >= 15 is 0 Å². The maximum Gasteiger partial charge on any atom is 0.217 e. The highest BCUT2D eigenvalue weighted by atomic mass is 35.5. The van der Waals surface area contributed by atoms with Crippen LogP contribution in [0.4, 0.5) is 0 Å². The van der Waals surface area contributed by atoms with Gasteiger partial charge in [-0.3, -0.25) is 0 Å². The molecule has 1 aliphatic rings. The van der Waals surface area contributed by atoms with Gasteiger partial charge in [-0.1, -0.05) is 11.6 Å². The lowest BCUT2D eigenvalue weighted by Crippen LogP contribution is -2.17. The summed E-state index contributed by atoms with van der Waals surface area (Å²) in [5.41, 5.74) is 2.06. The van der Waals surface area contributed by atoms with Gasteiger partial charge in [-0.25, -0.2) is 4.99 Å². The van der Waals surface area contributed by atoms with E-state index < -0.39 is 0 Å². The van der Waals surface area contributed by atoms with Crippen LogP contribution in [-0.4, -0.2) is 24.3 Å². The van der Waals surface area contributed by atoms with Crippen molar-refractivity contribution in [1.29, 1.82) is 0 Å². The third-order valence-corrected chi connectivity index (χ3v) is 4.12. The topological polar surface area (TPSA) is 21.6 Å². The first-order chi connectivity index (χ1) is 7.94. The fourth-order valence-corrected chi connectivity index (χ4v) is 2.98. The number of nitrogens with zero attached hydrogens (tertiary/aromatic N) is 1. The lowest BCUT2D eigenvalue weighted by molar-refractivity contribution is 0.279. The van der Waals surface area contributed by atoms with Crippen molar-refractivity contribution in [3.05, 3.63) is 28.3 Å². The maximum atomic E-state index is 6.16. The second-order valence-electron chi connectivity index (χ2n) is 4.77. The largest absolute Gasteiger partial charge is 0.475 e. The minimum Gasteiger partial charge on any atom is -0.475 e. The Morgan fingerprint density at radius 1 is 1.41 bits per heavy atom. The molecule has 0 radical (unpaired) electrons. The van der Waals surface area contributed by atoms with Gasteiger partial charge in [0.25, 0.3) is 0 Å². The van der Waals surface area contributed by atoms with E-state index in [-0.39, 0.29) is 5.54 Å². The van der Waals surface area contributed by atoms with Crippen LogP contribution in [0.1, 0.15) is 25.0 Å². The summed E-state index contributed by atoms with van der Waals surface area (Å²) in [4.78, 5) is 5.70. The van der Waals surface area contributed by atoms with E-state index in [1.54, 1.807) is 11.8 Å². The van der Waals surface area contributed by atoms with Crippen molar-refractivity contribution >= 4 is 29.3 Å². The highest BCUT2D eigenvalue weighted by Crippen LogP contribution is 2.32. The first-order valence-electron chi connectivity index (χ1n) is 5.51. The Bertz CT molecular complexity index is 483. The minimum atomic E-state index is -0.124. The summed E-state index contributed by atoms with van der Waals surface area (Å²) < 4.78 is 5.67. The number of aliphatic imine (C=N–C) groups is 1. The lowest BCUT2D eigenvalue weighted by Gasteiger charge is -2.10. The average molecular weight is 270 g/mol. The molecule has 0 saturated heterocycles. The number of ether oxygens (including phenoxy) is 1. The predicted molar refractivity (Wildman–Crippen MR) is 74.5 cm³/mol. The molecule has 0 amide bonds. The summed E-state index contributed by atoms with van der Waals surface area (Å²) in [6, 6.07) is 3.89. The van der Waals surface area contributed by atoms with E-state index in [0.717, 1.165) is 26.9 Å². The molecule has 0 aliphatic carbocycles. The molecule has 0 fully saturated rings. The van der Waals surface area contributed by atoms with Gasteiger partial charge in [-0.05, 0) is 44.7 Å². The number of rotatable bonds is 2. The Morgan fingerprint density at radius 2 is 2.12 bits per heavy atom. The van der Waals surface area contributed by atoms with Crippen molar-refractivity contribution in [3.8, 4) is 0 Å². The average Bonchev–Trinajstić information content (AvgIpc) is 2.59. The number of halogens is 1. The molecule has 0 unspecified atom stereocenters. The molecule has 0 saturated carbocycles. The molecule has 0 atom stereocenters. The Hall–Kier alpha value is -0.670. The van der Waals surface area contributed by atoms with Crippen LogP contribution in [-0.2, 0) is 4.74 Å². The summed E-state index contributed by atoms with van der Waals surface area (Å²) in [6.07, 6.45) is 2.03. The van der Waals surface area contributed by atoms with Gasteiger partial charge in [0.15, 0.2) is 0 Å². The molecule has 1 aromatic carbocycles. The van der Waals surface area contributed by atoms with Gasteiger partial charge in [0, 0.05) is 10.5 Å². The van der Waals surface area contributed by atoms with Crippen LogP contribution in [0, 0.1) is 6.92 Å². The molecule has 2 nitrogen and oxygen atoms in total. The zero-order valence-corrected chi connectivity index (χ0v) is 12.1. The fourth-order valence-electron chi connectivity index (χ4n) is 1.86. The fraction of sp³-hybridized carbons (Fsp3) is 0.462.